The maximum Gasteiger partial charge on any atom is 0.124 e. The lowest BCUT2D eigenvalue weighted by atomic mass is 10.0. The van der Waals surface area contributed by atoms with E-state index >= 15 is 0 Å². The Morgan fingerprint density at radius 1 is 1.45 bits per heavy atom. The molecule has 6 heteroatoms. The average molecular weight is 295 g/mol. The highest BCUT2D eigenvalue weighted by molar-refractivity contribution is 6.30. The Hall–Kier alpha value is -1.56. The van der Waals surface area contributed by atoms with Gasteiger partial charge in [0.05, 0.1) is 24.5 Å². The van der Waals surface area contributed by atoms with Crippen LogP contribution in [0.5, 0.6) is 5.75 Å². The van der Waals surface area contributed by atoms with Crippen LogP contribution < -0.4 is 16.0 Å². The number of hydrogen-bond donors (Lipinski definition) is 2. The first-order valence-corrected chi connectivity index (χ1v) is 6.80. The molecule has 1 unspecified atom stereocenters. The molecule has 1 aromatic carbocycles. The van der Waals surface area contributed by atoms with Crippen molar-refractivity contribution in [3.8, 4) is 5.75 Å². The van der Waals surface area contributed by atoms with Crippen LogP contribution in [0, 0.1) is 0 Å². The molecule has 0 amide bonds. The van der Waals surface area contributed by atoms with Crippen molar-refractivity contribution in [2.45, 2.75) is 19.4 Å². The van der Waals surface area contributed by atoms with Crippen LogP contribution in [0.15, 0.2) is 24.3 Å². The highest BCUT2D eigenvalue weighted by atomic mass is 35.5. The summed E-state index contributed by atoms with van der Waals surface area (Å²) in [6, 6.07) is 7.27. The fraction of sp³-hybridized carbons (Fsp3) is 0.357. The Morgan fingerprint density at radius 3 is 2.75 bits per heavy atom. The first-order valence-electron chi connectivity index (χ1n) is 6.43. The third-order valence-electron chi connectivity index (χ3n) is 3.29. The number of aromatic nitrogens is 2. The highest BCUT2D eigenvalue weighted by Gasteiger charge is 2.21. The number of methoxy groups -OCH3 is 1. The van der Waals surface area contributed by atoms with Crippen molar-refractivity contribution in [3.63, 3.8) is 0 Å². The van der Waals surface area contributed by atoms with Gasteiger partial charge in [0.2, 0.25) is 0 Å². The molecule has 108 valence electrons. The molecule has 0 spiro atoms. The van der Waals surface area contributed by atoms with E-state index in [1.165, 1.54) is 0 Å². The second-order valence-electron chi connectivity index (χ2n) is 4.52. The average Bonchev–Trinajstić information content (AvgIpc) is 2.81. The van der Waals surface area contributed by atoms with Crippen LogP contribution in [0.4, 0.5) is 0 Å². The molecule has 0 fully saturated rings. The second-order valence-corrected chi connectivity index (χ2v) is 4.96. The van der Waals surface area contributed by atoms with Gasteiger partial charge < -0.3 is 4.74 Å². The molecule has 1 aromatic heterocycles. The van der Waals surface area contributed by atoms with Crippen molar-refractivity contribution in [2.75, 3.05) is 7.11 Å². The number of ether oxygens (including phenoxy) is 1. The number of nitrogens with zero attached hydrogens (tertiary/aromatic N) is 2. The van der Waals surface area contributed by atoms with Gasteiger partial charge >= 0.3 is 0 Å². The van der Waals surface area contributed by atoms with E-state index in [2.05, 4.69) is 17.4 Å². The molecule has 2 rings (SSSR count). The number of hydrazine groups is 1. The van der Waals surface area contributed by atoms with E-state index < -0.39 is 0 Å². The third-order valence-corrected chi connectivity index (χ3v) is 3.53. The smallest absolute Gasteiger partial charge is 0.124 e. The lowest BCUT2D eigenvalue weighted by Gasteiger charge is -2.19. The minimum Gasteiger partial charge on any atom is -0.496 e. The molecular weight excluding hydrogens is 276 g/mol. The zero-order valence-electron chi connectivity index (χ0n) is 11.9. The van der Waals surface area contributed by atoms with Crippen molar-refractivity contribution in [1.29, 1.82) is 0 Å². The summed E-state index contributed by atoms with van der Waals surface area (Å²) in [6.45, 7) is 2.07. The van der Waals surface area contributed by atoms with Gasteiger partial charge in [-0.3, -0.25) is 10.5 Å². The summed E-state index contributed by atoms with van der Waals surface area (Å²) >= 11 is 6.09. The molecule has 0 aliphatic rings. The third kappa shape index (κ3) is 2.80. The van der Waals surface area contributed by atoms with Crippen LogP contribution in [0.25, 0.3) is 0 Å². The van der Waals surface area contributed by atoms with Gasteiger partial charge in [0.1, 0.15) is 5.75 Å². The fourth-order valence-electron chi connectivity index (χ4n) is 2.25. The molecule has 0 saturated heterocycles. The minimum absolute atomic E-state index is 0.235. The Kier molecular flexibility index (Phi) is 4.65. The molecule has 0 saturated carbocycles. The summed E-state index contributed by atoms with van der Waals surface area (Å²) < 4.78 is 7.22. The Labute approximate surface area is 123 Å². The van der Waals surface area contributed by atoms with Crippen LogP contribution in [-0.2, 0) is 13.5 Å². The molecule has 0 aliphatic carbocycles. The van der Waals surface area contributed by atoms with Gasteiger partial charge in [0, 0.05) is 17.6 Å². The van der Waals surface area contributed by atoms with Crippen molar-refractivity contribution >= 4 is 11.6 Å². The van der Waals surface area contributed by atoms with E-state index in [-0.39, 0.29) is 6.04 Å². The SMILES string of the molecule is CCc1cc(C(NN)c2cc(Cl)ccc2OC)n(C)n1. The van der Waals surface area contributed by atoms with E-state index in [1.807, 2.05) is 29.9 Å². The van der Waals surface area contributed by atoms with Crippen molar-refractivity contribution in [1.82, 2.24) is 15.2 Å². The summed E-state index contributed by atoms with van der Waals surface area (Å²) in [5.74, 6) is 6.47. The first-order chi connectivity index (χ1) is 9.60. The quantitative estimate of drug-likeness (QED) is 0.655. The molecule has 3 N–H and O–H groups in total. The number of rotatable bonds is 5. The van der Waals surface area contributed by atoms with Gasteiger partial charge in [0.25, 0.3) is 0 Å². The van der Waals surface area contributed by atoms with Crippen molar-refractivity contribution in [2.24, 2.45) is 12.9 Å². The monoisotopic (exact) mass is 294 g/mol. The summed E-state index contributed by atoms with van der Waals surface area (Å²) in [4.78, 5) is 0. The van der Waals surface area contributed by atoms with Crippen molar-refractivity contribution in [3.05, 3.63) is 46.2 Å². The number of benzene rings is 1. The van der Waals surface area contributed by atoms with Crippen molar-refractivity contribution < 1.29 is 4.74 Å². The molecule has 1 heterocycles. The maximum absolute atomic E-state index is 6.09. The Bertz CT molecular complexity index is 597. The predicted molar refractivity (Wildman–Crippen MR) is 79.8 cm³/mol. The highest BCUT2D eigenvalue weighted by Crippen LogP contribution is 2.32. The largest absolute Gasteiger partial charge is 0.496 e. The standard InChI is InChI=1S/C14H19ClN4O/c1-4-10-8-12(19(2)18-10)14(17-16)11-7-9(15)5-6-13(11)20-3/h5-8,14,17H,4,16H2,1-3H3. The molecule has 2 aromatic rings. The van der Waals surface area contributed by atoms with Gasteiger partial charge in [-0.05, 0) is 30.7 Å². The predicted octanol–water partition coefficient (Wildman–Crippen LogP) is 2.20. The number of halogens is 1. The Balaban J connectivity index is 2.51. The molecule has 0 bridgehead atoms. The lowest BCUT2D eigenvalue weighted by molar-refractivity contribution is 0.402. The number of hydrogen-bond acceptors (Lipinski definition) is 4. The van der Waals surface area contributed by atoms with E-state index in [4.69, 9.17) is 22.2 Å². The van der Waals surface area contributed by atoms with Gasteiger partial charge in [-0.25, -0.2) is 5.43 Å². The van der Waals surface area contributed by atoms with E-state index in [0.29, 0.717) is 5.02 Å². The van der Waals surface area contributed by atoms with Gasteiger partial charge in [-0.1, -0.05) is 18.5 Å². The zero-order valence-corrected chi connectivity index (χ0v) is 12.6. The number of aryl methyl sites for hydroxylation is 2. The van der Waals surface area contributed by atoms with E-state index in [9.17, 15) is 0 Å². The summed E-state index contributed by atoms with van der Waals surface area (Å²) in [5, 5.41) is 5.09. The maximum atomic E-state index is 6.09. The molecular formula is C14H19ClN4O. The van der Waals surface area contributed by atoms with Crippen LogP contribution in [0.1, 0.15) is 29.9 Å². The first kappa shape index (κ1) is 14.8. The summed E-state index contributed by atoms with van der Waals surface area (Å²) in [7, 11) is 3.52. The zero-order chi connectivity index (χ0) is 14.7. The Morgan fingerprint density at radius 2 is 2.20 bits per heavy atom. The normalized spacial score (nSPS) is 12.4. The fourth-order valence-corrected chi connectivity index (χ4v) is 2.43. The van der Waals surface area contributed by atoms with E-state index in [1.54, 1.807) is 13.2 Å². The summed E-state index contributed by atoms with van der Waals surface area (Å²) in [6.07, 6.45) is 0.873. The number of nitrogens with two attached hydrogens (primary N) is 1. The van der Waals surface area contributed by atoms with Crippen LogP contribution >= 0.6 is 11.6 Å². The van der Waals surface area contributed by atoms with E-state index in [0.717, 1.165) is 29.1 Å². The number of nitrogens with one attached hydrogen (secondary N) is 1. The van der Waals surface area contributed by atoms with Gasteiger partial charge in [-0.2, -0.15) is 5.10 Å². The van der Waals surface area contributed by atoms with Crippen LogP contribution in [-0.4, -0.2) is 16.9 Å². The molecule has 0 aliphatic heterocycles. The van der Waals surface area contributed by atoms with Gasteiger partial charge in [-0.15, -0.1) is 0 Å². The molecule has 5 nitrogen and oxygen atoms in total. The second kappa shape index (κ2) is 6.26. The minimum atomic E-state index is -0.235. The van der Waals surface area contributed by atoms with Crippen LogP contribution in [0.3, 0.4) is 0 Å². The lowest BCUT2D eigenvalue weighted by Crippen LogP contribution is -2.30. The molecule has 1 atom stereocenters. The van der Waals surface area contributed by atoms with Crippen LogP contribution in [0.2, 0.25) is 5.02 Å². The topological polar surface area (TPSA) is 65.1 Å². The van der Waals surface area contributed by atoms with Gasteiger partial charge in [0.15, 0.2) is 0 Å². The summed E-state index contributed by atoms with van der Waals surface area (Å²) in [5.41, 5.74) is 5.68. The molecule has 0 radical (unpaired) electrons. The molecule has 20 heavy (non-hydrogen) atoms.